The van der Waals surface area contributed by atoms with Crippen molar-refractivity contribution in [2.45, 2.75) is 31.7 Å². The molecule has 1 heterocycles. The molecule has 1 atom stereocenters. The summed E-state index contributed by atoms with van der Waals surface area (Å²) in [5.74, 6) is -1.02. The van der Waals surface area contributed by atoms with Crippen molar-refractivity contribution in [1.82, 2.24) is 4.90 Å². The first-order valence-corrected chi connectivity index (χ1v) is 11.1. The highest BCUT2D eigenvalue weighted by atomic mass is 32.2. The Bertz CT molecular complexity index is 1070. The van der Waals surface area contributed by atoms with Gasteiger partial charge in [0.05, 0.1) is 30.1 Å². The molecule has 0 aliphatic carbocycles. The number of nitrogens with zero attached hydrogens (tertiary/aromatic N) is 2. The summed E-state index contributed by atoms with van der Waals surface area (Å²) in [6, 6.07) is 10.4. The van der Waals surface area contributed by atoms with Crippen molar-refractivity contribution >= 4 is 40.1 Å². The number of carbonyl (C=O) groups excluding carboxylic acids is 2. The lowest BCUT2D eigenvalue weighted by molar-refractivity contribution is -0.137. The van der Waals surface area contributed by atoms with E-state index in [9.17, 15) is 22.8 Å². The monoisotopic (exact) mass is 479 g/mol. The molecule has 0 bridgehead atoms. The molecule has 0 aromatic heterocycles. The third kappa shape index (κ3) is 6.14. The SMILES string of the molecule is COCCN1C(=O)C(CC(=O)Nc2ccccc2C(F)(F)F)SC1=Nc1ccc(C)c(C)c1. The van der Waals surface area contributed by atoms with E-state index in [2.05, 4.69) is 10.3 Å². The van der Waals surface area contributed by atoms with Crippen LogP contribution >= 0.6 is 11.8 Å². The van der Waals surface area contributed by atoms with Crippen LogP contribution in [0.1, 0.15) is 23.1 Å². The highest BCUT2D eigenvalue weighted by Gasteiger charge is 2.39. The lowest BCUT2D eigenvalue weighted by Gasteiger charge is -2.16. The average molecular weight is 480 g/mol. The molecule has 1 unspecified atom stereocenters. The van der Waals surface area contributed by atoms with Gasteiger partial charge < -0.3 is 10.1 Å². The van der Waals surface area contributed by atoms with Gasteiger partial charge in [0.25, 0.3) is 0 Å². The van der Waals surface area contributed by atoms with Gasteiger partial charge in [-0.2, -0.15) is 13.2 Å². The third-order valence-corrected chi connectivity index (χ3v) is 6.31. The molecule has 2 aromatic carbocycles. The van der Waals surface area contributed by atoms with Crippen molar-refractivity contribution in [2.24, 2.45) is 4.99 Å². The van der Waals surface area contributed by atoms with Gasteiger partial charge in [-0.25, -0.2) is 4.99 Å². The molecule has 1 fully saturated rings. The van der Waals surface area contributed by atoms with Crippen LogP contribution in [0.15, 0.2) is 47.5 Å². The summed E-state index contributed by atoms with van der Waals surface area (Å²) in [5, 5.41) is 1.92. The number of halogens is 3. The Morgan fingerprint density at radius 1 is 1.18 bits per heavy atom. The van der Waals surface area contributed by atoms with Crippen molar-refractivity contribution in [3.8, 4) is 0 Å². The summed E-state index contributed by atoms with van der Waals surface area (Å²) >= 11 is 1.12. The van der Waals surface area contributed by atoms with Gasteiger partial charge in [0.1, 0.15) is 5.25 Å². The molecular weight excluding hydrogens is 455 g/mol. The molecule has 0 saturated carbocycles. The topological polar surface area (TPSA) is 71.0 Å². The molecule has 10 heteroatoms. The van der Waals surface area contributed by atoms with E-state index < -0.39 is 22.9 Å². The maximum atomic E-state index is 13.2. The van der Waals surface area contributed by atoms with Crippen LogP contribution in [0.4, 0.5) is 24.5 Å². The van der Waals surface area contributed by atoms with Gasteiger partial charge in [-0.1, -0.05) is 30.0 Å². The molecule has 1 saturated heterocycles. The molecule has 1 aliphatic rings. The first-order valence-electron chi connectivity index (χ1n) is 10.2. The van der Waals surface area contributed by atoms with Crippen molar-refractivity contribution < 1.29 is 27.5 Å². The highest BCUT2D eigenvalue weighted by Crippen LogP contribution is 2.36. The number of amidine groups is 1. The predicted octanol–water partition coefficient (Wildman–Crippen LogP) is 4.93. The van der Waals surface area contributed by atoms with Crippen molar-refractivity contribution in [2.75, 3.05) is 25.6 Å². The number of amides is 2. The molecule has 33 heavy (non-hydrogen) atoms. The number of benzene rings is 2. The van der Waals surface area contributed by atoms with Crippen LogP contribution in [0.5, 0.6) is 0 Å². The summed E-state index contributed by atoms with van der Waals surface area (Å²) in [7, 11) is 1.51. The van der Waals surface area contributed by atoms with E-state index in [1.165, 1.54) is 30.2 Å². The smallest absolute Gasteiger partial charge is 0.383 e. The number of thioether (sulfide) groups is 1. The lowest BCUT2D eigenvalue weighted by Crippen LogP contribution is -2.35. The largest absolute Gasteiger partial charge is 0.418 e. The number of anilines is 1. The van der Waals surface area contributed by atoms with Crippen LogP contribution in [-0.2, 0) is 20.5 Å². The summed E-state index contributed by atoms with van der Waals surface area (Å²) in [6.45, 7) is 4.47. The zero-order valence-electron chi connectivity index (χ0n) is 18.4. The molecule has 176 valence electrons. The number of methoxy groups -OCH3 is 1. The van der Waals surface area contributed by atoms with Gasteiger partial charge in [-0.15, -0.1) is 0 Å². The van der Waals surface area contributed by atoms with Crippen molar-refractivity contribution in [3.05, 3.63) is 59.2 Å². The van der Waals surface area contributed by atoms with Crippen LogP contribution in [0, 0.1) is 13.8 Å². The van der Waals surface area contributed by atoms with Gasteiger partial charge >= 0.3 is 6.18 Å². The number of rotatable bonds is 7. The Labute approximate surface area is 194 Å². The van der Waals surface area contributed by atoms with Crippen LogP contribution < -0.4 is 5.32 Å². The normalized spacial score (nSPS) is 17.6. The number of aryl methyl sites for hydroxylation is 2. The molecular formula is C23H24F3N3O3S. The van der Waals surface area contributed by atoms with Gasteiger partial charge in [-0.3, -0.25) is 14.5 Å². The third-order valence-electron chi connectivity index (χ3n) is 5.13. The van der Waals surface area contributed by atoms with Gasteiger partial charge in [0, 0.05) is 13.5 Å². The fourth-order valence-corrected chi connectivity index (χ4v) is 4.41. The van der Waals surface area contributed by atoms with Gasteiger partial charge in [0.2, 0.25) is 11.8 Å². The number of alkyl halides is 3. The molecule has 6 nitrogen and oxygen atoms in total. The van der Waals surface area contributed by atoms with E-state index >= 15 is 0 Å². The second-order valence-corrected chi connectivity index (χ2v) is 8.72. The minimum atomic E-state index is -4.61. The Hall–Kier alpha value is -2.85. The molecule has 0 spiro atoms. The lowest BCUT2D eigenvalue weighted by atomic mass is 10.1. The molecule has 0 radical (unpaired) electrons. The first-order chi connectivity index (χ1) is 15.6. The summed E-state index contributed by atoms with van der Waals surface area (Å²) in [6.07, 6.45) is -4.89. The Morgan fingerprint density at radius 3 is 2.58 bits per heavy atom. The second-order valence-electron chi connectivity index (χ2n) is 7.55. The van der Waals surface area contributed by atoms with Gasteiger partial charge in [0.15, 0.2) is 5.17 Å². The predicted molar refractivity (Wildman–Crippen MR) is 123 cm³/mol. The number of hydrogen-bond acceptors (Lipinski definition) is 5. The van der Waals surface area contributed by atoms with Crippen LogP contribution in [0.3, 0.4) is 0 Å². The standard InChI is InChI=1S/C23H24F3N3O3S/c1-14-8-9-16(12-15(14)2)27-22-29(10-11-32-3)21(31)19(33-22)13-20(30)28-18-7-5-4-6-17(18)23(24,25)26/h4-9,12,19H,10-11,13H2,1-3H3,(H,28,30). The minimum absolute atomic E-state index is 0.251. The highest BCUT2D eigenvalue weighted by molar-refractivity contribution is 8.15. The molecule has 3 rings (SSSR count). The number of para-hydroxylation sites is 1. The Kier molecular flexibility index (Phi) is 7.80. The quantitative estimate of drug-likeness (QED) is 0.612. The summed E-state index contributed by atoms with van der Waals surface area (Å²) < 4.78 is 44.7. The molecule has 1 N–H and O–H groups in total. The fourth-order valence-electron chi connectivity index (χ4n) is 3.23. The van der Waals surface area contributed by atoms with E-state index in [-0.39, 0.29) is 31.2 Å². The van der Waals surface area contributed by atoms with E-state index in [0.717, 1.165) is 29.0 Å². The Balaban J connectivity index is 1.78. The van der Waals surface area contributed by atoms with Crippen LogP contribution in [-0.4, -0.2) is 47.4 Å². The minimum Gasteiger partial charge on any atom is -0.383 e. The number of ether oxygens (including phenoxy) is 1. The molecule has 2 aromatic rings. The summed E-state index contributed by atoms with van der Waals surface area (Å²) in [5.41, 5.74) is 1.54. The first kappa shape index (κ1) is 24.8. The molecule has 2 amide bonds. The maximum Gasteiger partial charge on any atom is 0.418 e. The molecule has 1 aliphatic heterocycles. The zero-order valence-corrected chi connectivity index (χ0v) is 19.2. The number of carbonyl (C=O) groups is 2. The number of hydrogen-bond donors (Lipinski definition) is 1. The van der Waals surface area contributed by atoms with Crippen molar-refractivity contribution in [3.63, 3.8) is 0 Å². The fraction of sp³-hybridized carbons (Fsp3) is 0.348. The second kappa shape index (κ2) is 10.4. The average Bonchev–Trinajstić information content (AvgIpc) is 3.02. The van der Waals surface area contributed by atoms with Crippen LogP contribution in [0.2, 0.25) is 0 Å². The Morgan fingerprint density at radius 2 is 1.91 bits per heavy atom. The number of nitrogens with one attached hydrogen (secondary N) is 1. The number of aliphatic imine (C=N–C) groups is 1. The van der Waals surface area contributed by atoms with Gasteiger partial charge in [-0.05, 0) is 49.2 Å². The van der Waals surface area contributed by atoms with E-state index in [4.69, 9.17) is 4.74 Å². The van der Waals surface area contributed by atoms with Crippen LogP contribution in [0.25, 0.3) is 0 Å². The van der Waals surface area contributed by atoms with E-state index in [1.807, 2.05) is 32.0 Å². The zero-order chi connectivity index (χ0) is 24.2. The van der Waals surface area contributed by atoms with E-state index in [1.54, 1.807) is 0 Å². The maximum absolute atomic E-state index is 13.2. The van der Waals surface area contributed by atoms with E-state index in [0.29, 0.717) is 10.9 Å². The van der Waals surface area contributed by atoms with Crippen molar-refractivity contribution in [1.29, 1.82) is 0 Å². The summed E-state index contributed by atoms with van der Waals surface area (Å²) in [4.78, 5) is 31.5.